The number of likely N-dealkylation sites (tertiary alicyclic amines) is 1. The van der Waals surface area contributed by atoms with Crippen LogP contribution in [0.2, 0.25) is 0 Å². The van der Waals surface area contributed by atoms with E-state index in [1.54, 1.807) is 12.1 Å². The zero-order chi connectivity index (χ0) is 19.0. The molecule has 1 saturated heterocycles. The Morgan fingerprint density at radius 3 is 2.89 bits per heavy atom. The maximum Gasteiger partial charge on any atom is 0.345 e. The molecule has 140 valence electrons. The number of hydrogen-bond acceptors (Lipinski definition) is 5. The van der Waals surface area contributed by atoms with Crippen molar-refractivity contribution in [2.75, 3.05) is 19.6 Å². The van der Waals surface area contributed by atoms with Crippen LogP contribution in [0.4, 0.5) is 0 Å². The summed E-state index contributed by atoms with van der Waals surface area (Å²) >= 11 is 1.30. The molecule has 4 rings (SSSR count). The normalized spacial score (nSPS) is 14.4. The van der Waals surface area contributed by atoms with Gasteiger partial charge in [-0.3, -0.25) is 9.59 Å². The number of thiophene rings is 1. The molecule has 1 aromatic carbocycles. The van der Waals surface area contributed by atoms with Gasteiger partial charge in [0.25, 0.3) is 5.91 Å². The molecule has 0 spiro atoms. The van der Waals surface area contributed by atoms with Crippen LogP contribution in [0.25, 0.3) is 21.1 Å². The van der Waals surface area contributed by atoms with Crippen LogP contribution in [0.1, 0.15) is 34.5 Å². The molecule has 0 bridgehead atoms. The van der Waals surface area contributed by atoms with Crippen LogP contribution in [-0.2, 0) is 4.79 Å². The van der Waals surface area contributed by atoms with Crippen molar-refractivity contribution in [2.24, 2.45) is 0 Å². The lowest BCUT2D eigenvalue weighted by molar-refractivity contribution is -0.127. The lowest BCUT2D eigenvalue weighted by atomic mass is 10.1. The molecule has 2 amide bonds. The molecule has 1 aliphatic rings. The zero-order valence-corrected chi connectivity index (χ0v) is 15.9. The Balaban J connectivity index is 1.50. The fraction of sp³-hybridized carbons (Fsp3) is 0.350. The molecule has 6 nitrogen and oxygen atoms in total. The fourth-order valence-corrected chi connectivity index (χ4v) is 4.50. The van der Waals surface area contributed by atoms with Gasteiger partial charge in [0.2, 0.25) is 5.91 Å². The van der Waals surface area contributed by atoms with Crippen molar-refractivity contribution in [3.05, 3.63) is 45.1 Å². The number of nitrogens with one attached hydrogen (secondary N) is 1. The second-order valence-corrected chi connectivity index (χ2v) is 7.89. The predicted molar refractivity (Wildman–Crippen MR) is 105 cm³/mol. The largest absolute Gasteiger partial charge is 0.422 e. The maximum atomic E-state index is 12.5. The van der Waals surface area contributed by atoms with Gasteiger partial charge < -0.3 is 14.6 Å². The first-order valence-corrected chi connectivity index (χ1v) is 9.87. The minimum absolute atomic E-state index is 0.194. The molecule has 2 aromatic heterocycles. The molecule has 1 fully saturated rings. The average molecular weight is 384 g/mol. The first-order valence-electron chi connectivity index (χ1n) is 9.06. The minimum Gasteiger partial charge on any atom is -0.422 e. The number of hydrogen-bond donors (Lipinski definition) is 1. The Morgan fingerprint density at radius 2 is 2.11 bits per heavy atom. The predicted octanol–water partition coefficient (Wildman–Crippen LogP) is 3.06. The van der Waals surface area contributed by atoms with E-state index >= 15 is 0 Å². The first kappa shape index (κ1) is 17.7. The van der Waals surface area contributed by atoms with Gasteiger partial charge in [-0.1, -0.05) is 11.6 Å². The van der Waals surface area contributed by atoms with Crippen LogP contribution < -0.4 is 10.9 Å². The Morgan fingerprint density at radius 1 is 1.26 bits per heavy atom. The summed E-state index contributed by atoms with van der Waals surface area (Å²) in [5.74, 6) is -0.0103. The summed E-state index contributed by atoms with van der Waals surface area (Å²) in [5.41, 5.74) is 1.17. The van der Waals surface area contributed by atoms with Crippen molar-refractivity contribution >= 4 is 44.2 Å². The van der Waals surface area contributed by atoms with E-state index in [4.69, 9.17) is 4.42 Å². The molecule has 27 heavy (non-hydrogen) atoms. The maximum absolute atomic E-state index is 12.5. The van der Waals surface area contributed by atoms with Crippen molar-refractivity contribution in [1.29, 1.82) is 0 Å². The number of fused-ring (bicyclic) bond motifs is 3. The summed E-state index contributed by atoms with van der Waals surface area (Å²) < 4.78 is 6.15. The highest BCUT2D eigenvalue weighted by atomic mass is 32.1. The molecule has 0 aliphatic carbocycles. The Labute approximate surface area is 159 Å². The van der Waals surface area contributed by atoms with Crippen molar-refractivity contribution in [2.45, 2.75) is 26.2 Å². The minimum atomic E-state index is -0.427. The summed E-state index contributed by atoms with van der Waals surface area (Å²) in [6.07, 6.45) is 2.26. The van der Waals surface area contributed by atoms with Gasteiger partial charge in [0, 0.05) is 31.4 Å². The Hall–Kier alpha value is -2.67. The highest BCUT2D eigenvalue weighted by Gasteiger charge is 2.19. The van der Waals surface area contributed by atoms with Crippen LogP contribution in [0.15, 0.2) is 33.5 Å². The molecule has 0 unspecified atom stereocenters. The molecular formula is C20H20N2O4S. The van der Waals surface area contributed by atoms with Gasteiger partial charge in [-0.2, -0.15) is 0 Å². The highest BCUT2D eigenvalue weighted by molar-refractivity contribution is 7.21. The number of benzene rings is 1. The van der Waals surface area contributed by atoms with Crippen LogP contribution in [0.3, 0.4) is 0 Å². The molecule has 1 aliphatic heterocycles. The monoisotopic (exact) mass is 384 g/mol. The molecule has 0 saturated carbocycles. The average Bonchev–Trinajstić information content (AvgIpc) is 3.26. The van der Waals surface area contributed by atoms with Crippen LogP contribution >= 0.6 is 11.3 Å². The van der Waals surface area contributed by atoms with Gasteiger partial charge in [0.05, 0.1) is 15.0 Å². The third-order valence-electron chi connectivity index (χ3n) is 4.82. The van der Waals surface area contributed by atoms with Crippen molar-refractivity contribution in [3.8, 4) is 0 Å². The summed E-state index contributed by atoms with van der Waals surface area (Å²) in [6, 6.07) is 7.24. The third kappa shape index (κ3) is 3.47. The van der Waals surface area contributed by atoms with Gasteiger partial charge in [-0.25, -0.2) is 4.79 Å². The number of carbonyl (C=O) groups is 2. The van der Waals surface area contributed by atoms with E-state index in [1.165, 1.54) is 11.3 Å². The number of aryl methyl sites for hydroxylation is 1. The van der Waals surface area contributed by atoms with Crippen LogP contribution in [-0.4, -0.2) is 36.3 Å². The van der Waals surface area contributed by atoms with Gasteiger partial charge in [0.1, 0.15) is 5.58 Å². The summed E-state index contributed by atoms with van der Waals surface area (Å²) in [5, 5.41) is 4.16. The Kier molecular flexibility index (Phi) is 4.70. The molecule has 3 heterocycles. The van der Waals surface area contributed by atoms with Crippen molar-refractivity contribution in [3.63, 3.8) is 0 Å². The SMILES string of the molecule is Cc1ccc2oc(=O)c3cc(C(=O)NCCCN4CCCC4=O)sc3c2c1. The summed E-state index contributed by atoms with van der Waals surface area (Å²) in [4.78, 5) is 38.6. The zero-order valence-electron chi connectivity index (χ0n) is 15.0. The number of amides is 2. The highest BCUT2D eigenvalue weighted by Crippen LogP contribution is 2.31. The van der Waals surface area contributed by atoms with E-state index in [2.05, 4.69) is 5.32 Å². The number of rotatable bonds is 5. The Bertz CT molecular complexity index is 1100. The molecule has 0 radical (unpaired) electrons. The van der Waals surface area contributed by atoms with Crippen molar-refractivity contribution in [1.82, 2.24) is 10.2 Å². The van der Waals surface area contributed by atoms with Crippen molar-refractivity contribution < 1.29 is 14.0 Å². The van der Waals surface area contributed by atoms with Gasteiger partial charge in [-0.15, -0.1) is 11.3 Å². The van der Waals surface area contributed by atoms with Gasteiger partial charge in [-0.05, 0) is 38.0 Å². The van der Waals surface area contributed by atoms with Crippen LogP contribution in [0.5, 0.6) is 0 Å². The molecular weight excluding hydrogens is 364 g/mol. The standard InChI is InChI=1S/C20H20N2O4S/c1-12-5-6-15-13(10-12)18-14(20(25)26-15)11-16(27-18)19(24)21-7-3-9-22-8-2-4-17(22)23/h5-6,10-11H,2-4,7-9H2,1H3,(H,21,24). The number of nitrogens with zero attached hydrogens (tertiary/aromatic N) is 1. The van der Waals surface area contributed by atoms with E-state index in [9.17, 15) is 14.4 Å². The fourth-order valence-electron chi connectivity index (χ4n) is 3.42. The number of carbonyl (C=O) groups excluding carboxylic acids is 2. The molecule has 1 N–H and O–H groups in total. The second-order valence-electron chi connectivity index (χ2n) is 6.84. The third-order valence-corrected chi connectivity index (χ3v) is 5.99. The van der Waals surface area contributed by atoms with E-state index in [1.807, 2.05) is 24.0 Å². The summed E-state index contributed by atoms with van der Waals surface area (Å²) in [6.45, 7) is 3.94. The smallest absolute Gasteiger partial charge is 0.345 e. The lowest BCUT2D eigenvalue weighted by Gasteiger charge is -2.15. The van der Waals surface area contributed by atoms with E-state index < -0.39 is 5.63 Å². The molecule has 0 atom stereocenters. The van der Waals surface area contributed by atoms with Gasteiger partial charge >= 0.3 is 5.63 Å². The molecule has 7 heteroatoms. The quantitative estimate of drug-likeness (QED) is 0.542. The van der Waals surface area contributed by atoms with E-state index in [-0.39, 0.29) is 11.8 Å². The van der Waals surface area contributed by atoms with E-state index in [0.717, 1.165) is 28.6 Å². The summed E-state index contributed by atoms with van der Waals surface area (Å²) in [7, 11) is 0. The van der Waals surface area contributed by atoms with E-state index in [0.29, 0.717) is 41.8 Å². The second kappa shape index (κ2) is 7.15. The lowest BCUT2D eigenvalue weighted by Crippen LogP contribution is -2.30. The van der Waals surface area contributed by atoms with Crippen LogP contribution in [0, 0.1) is 6.92 Å². The first-order chi connectivity index (χ1) is 13.0. The topological polar surface area (TPSA) is 79.6 Å². The molecule has 3 aromatic rings. The van der Waals surface area contributed by atoms with Gasteiger partial charge in [0.15, 0.2) is 0 Å².